The fourth-order valence-electron chi connectivity index (χ4n) is 2.85. The number of benzene rings is 2. The predicted octanol–water partition coefficient (Wildman–Crippen LogP) is 4.49. The van der Waals surface area contributed by atoms with Crippen molar-refractivity contribution >= 4 is 15.9 Å². The second kappa shape index (κ2) is 6.63. The van der Waals surface area contributed by atoms with Gasteiger partial charge >= 0.3 is 0 Å². The van der Waals surface area contributed by atoms with Crippen molar-refractivity contribution in [3.63, 3.8) is 0 Å². The third-order valence-electron chi connectivity index (χ3n) is 4.24. The molecule has 3 rings (SSSR count). The van der Waals surface area contributed by atoms with Gasteiger partial charge in [-0.15, -0.1) is 0 Å². The van der Waals surface area contributed by atoms with E-state index < -0.39 is 0 Å². The Hall–Kier alpha value is -1.32. The van der Waals surface area contributed by atoms with Crippen LogP contribution >= 0.6 is 15.9 Å². The predicted molar refractivity (Wildman–Crippen MR) is 89.7 cm³/mol. The first-order valence-corrected chi connectivity index (χ1v) is 8.16. The lowest BCUT2D eigenvalue weighted by molar-refractivity contribution is 0.289. The molecule has 21 heavy (non-hydrogen) atoms. The van der Waals surface area contributed by atoms with E-state index in [0.717, 1.165) is 12.3 Å². The smallest absolute Gasteiger partial charge is 0.118 e. The van der Waals surface area contributed by atoms with Crippen LogP contribution in [0.5, 0.6) is 5.75 Å². The van der Waals surface area contributed by atoms with E-state index in [4.69, 9.17) is 4.74 Å². The van der Waals surface area contributed by atoms with Gasteiger partial charge in [-0.3, -0.25) is 0 Å². The van der Waals surface area contributed by atoms with Gasteiger partial charge in [0.25, 0.3) is 0 Å². The summed E-state index contributed by atoms with van der Waals surface area (Å²) < 4.78 is 6.42. The van der Waals surface area contributed by atoms with Crippen LogP contribution in [0.1, 0.15) is 29.9 Å². The van der Waals surface area contributed by atoms with Crippen molar-refractivity contribution < 1.29 is 4.74 Å². The first-order chi connectivity index (χ1) is 10.3. The van der Waals surface area contributed by atoms with Gasteiger partial charge in [0.15, 0.2) is 0 Å². The van der Waals surface area contributed by atoms with Crippen LogP contribution < -0.4 is 10.1 Å². The average Bonchev–Trinajstić information content (AvgIpc) is 2.48. The quantitative estimate of drug-likeness (QED) is 0.861. The largest absolute Gasteiger partial charge is 0.497 e. The highest BCUT2D eigenvalue weighted by Crippen LogP contribution is 2.40. The second-order valence-corrected chi connectivity index (χ2v) is 6.47. The van der Waals surface area contributed by atoms with Crippen LogP contribution in [-0.4, -0.2) is 13.2 Å². The molecule has 110 valence electrons. The molecule has 0 aliphatic heterocycles. The monoisotopic (exact) mass is 345 g/mol. The van der Waals surface area contributed by atoms with Gasteiger partial charge < -0.3 is 10.1 Å². The van der Waals surface area contributed by atoms with E-state index in [9.17, 15) is 0 Å². The minimum atomic E-state index is 0.629. The zero-order valence-corrected chi connectivity index (χ0v) is 13.8. The molecule has 0 saturated heterocycles. The van der Waals surface area contributed by atoms with Gasteiger partial charge in [-0.1, -0.05) is 46.3 Å². The summed E-state index contributed by atoms with van der Waals surface area (Å²) in [5.74, 6) is 1.60. The van der Waals surface area contributed by atoms with E-state index in [1.165, 1.54) is 28.4 Å². The van der Waals surface area contributed by atoms with Gasteiger partial charge in [-0.05, 0) is 48.1 Å². The van der Waals surface area contributed by atoms with Crippen molar-refractivity contribution in [1.29, 1.82) is 0 Å². The molecule has 0 bridgehead atoms. The molecule has 1 saturated carbocycles. The summed E-state index contributed by atoms with van der Waals surface area (Å²) in [6.07, 6.45) is 2.44. The Morgan fingerprint density at radius 1 is 1.10 bits per heavy atom. The minimum absolute atomic E-state index is 0.629. The van der Waals surface area contributed by atoms with E-state index in [-0.39, 0.29) is 0 Å². The number of halogens is 1. The Kier molecular flexibility index (Phi) is 4.61. The SMILES string of the molecule is COc1ccc(CNC2CC(c3ccccc3Br)C2)cc1. The number of methoxy groups -OCH3 is 1. The topological polar surface area (TPSA) is 21.3 Å². The molecule has 0 amide bonds. The Morgan fingerprint density at radius 2 is 1.81 bits per heavy atom. The van der Waals surface area contributed by atoms with Crippen molar-refractivity contribution in [2.75, 3.05) is 7.11 Å². The molecule has 2 aromatic rings. The lowest BCUT2D eigenvalue weighted by atomic mass is 9.76. The van der Waals surface area contributed by atoms with Crippen LogP contribution in [0.4, 0.5) is 0 Å². The van der Waals surface area contributed by atoms with Crippen molar-refractivity contribution in [2.24, 2.45) is 0 Å². The molecule has 0 aromatic heterocycles. The third kappa shape index (κ3) is 3.47. The van der Waals surface area contributed by atoms with Crippen LogP contribution in [0, 0.1) is 0 Å². The molecule has 0 atom stereocenters. The zero-order valence-electron chi connectivity index (χ0n) is 12.2. The minimum Gasteiger partial charge on any atom is -0.497 e. The summed E-state index contributed by atoms with van der Waals surface area (Å²) in [7, 11) is 1.70. The maximum absolute atomic E-state index is 5.18. The van der Waals surface area contributed by atoms with Gasteiger partial charge in [0.1, 0.15) is 5.75 Å². The highest BCUT2D eigenvalue weighted by Gasteiger charge is 2.30. The van der Waals surface area contributed by atoms with Crippen molar-refractivity contribution in [2.45, 2.75) is 31.3 Å². The van der Waals surface area contributed by atoms with E-state index in [0.29, 0.717) is 12.0 Å². The molecular weight excluding hydrogens is 326 g/mol. The van der Waals surface area contributed by atoms with Gasteiger partial charge in [0.05, 0.1) is 7.11 Å². The van der Waals surface area contributed by atoms with E-state index >= 15 is 0 Å². The molecule has 3 heteroatoms. The molecule has 0 heterocycles. The fraction of sp³-hybridized carbons (Fsp3) is 0.333. The van der Waals surface area contributed by atoms with Crippen LogP contribution in [0.3, 0.4) is 0 Å². The Morgan fingerprint density at radius 3 is 2.48 bits per heavy atom. The fourth-order valence-corrected chi connectivity index (χ4v) is 3.46. The lowest BCUT2D eigenvalue weighted by Gasteiger charge is -2.37. The van der Waals surface area contributed by atoms with Crippen LogP contribution in [0.2, 0.25) is 0 Å². The average molecular weight is 346 g/mol. The van der Waals surface area contributed by atoms with E-state index in [2.05, 4.69) is 57.6 Å². The highest BCUT2D eigenvalue weighted by molar-refractivity contribution is 9.10. The first-order valence-electron chi connectivity index (χ1n) is 7.37. The first kappa shape index (κ1) is 14.6. The number of ether oxygens (including phenoxy) is 1. The van der Waals surface area contributed by atoms with Crippen molar-refractivity contribution in [1.82, 2.24) is 5.32 Å². The normalized spacial score (nSPS) is 20.9. The second-order valence-electron chi connectivity index (χ2n) is 5.62. The van der Waals surface area contributed by atoms with Crippen LogP contribution in [0.15, 0.2) is 53.0 Å². The van der Waals surface area contributed by atoms with Gasteiger partial charge in [0.2, 0.25) is 0 Å². The van der Waals surface area contributed by atoms with Gasteiger partial charge in [-0.2, -0.15) is 0 Å². The van der Waals surface area contributed by atoms with E-state index in [1.54, 1.807) is 7.11 Å². The summed E-state index contributed by atoms with van der Waals surface area (Å²) in [6, 6.07) is 17.5. The number of hydrogen-bond acceptors (Lipinski definition) is 2. The molecule has 0 unspecified atom stereocenters. The Balaban J connectivity index is 1.48. The van der Waals surface area contributed by atoms with Gasteiger partial charge in [-0.25, -0.2) is 0 Å². The maximum Gasteiger partial charge on any atom is 0.118 e. The Bertz CT molecular complexity index is 590. The zero-order chi connectivity index (χ0) is 14.7. The molecule has 2 aromatic carbocycles. The molecule has 1 N–H and O–H groups in total. The maximum atomic E-state index is 5.18. The molecular formula is C18H20BrNO. The summed E-state index contributed by atoms with van der Waals surface area (Å²) in [5.41, 5.74) is 2.75. The molecule has 2 nitrogen and oxygen atoms in total. The summed E-state index contributed by atoms with van der Waals surface area (Å²) in [6.45, 7) is 0.928. The molecule has 1 fully saturated rings. The van der Waals surface area contributed by atoms with Crippen LogP contribution in [0.25, 0.3) is 0 Å². The molecule has 0 spiro atoms. The lowest BCUT2D eigenvalue weighted by Crippen LogP contribution is -2.39. The van der Waals surface area contributed by atoms with Gasteiger partial charge in [0, 0.05) is 17.1 Å². The number of nitrogens with one attached hydrogen (secondary N) is 1. The third-order valence-corrected chi connectivity index (χ3v) is 4.96. The summed E-state index contributed by atoms with van der Waals surface area (Å²) in [4.78, 5) is 0. The standard InChI is InChI=1S/C18H20BrNO/c1-21-16-8-6-13(7-9-16)12-20-15-10-14(11-15)17-4-2-3-5-18(17)19/h2-9,14-15,20H,10-12H2,1H3. The summed E-state index contributed by atoms with van der Waals surface area (Å²) in [5, 5.41) is 3.64. The number of rotatable bonds is 5. The van der Waals surface area contributed by atoms with Crippen molar-refractivity contribution in [3.8, 4) is 5.75 Å². The molecule has 1 aliphatic rings. The van der Waals surface area contributed by atoms with E-state index in [1.807, 2.05) is 12.1 Å². The van der Waals surface area contributed by atoms with Crippen molar-refractivity contribution in [3.05, 3.63) is 64.1 Å². The van der Waals surface area contributed by atoms with Crippen LogP contribution in [-0.2, 0) is 6.54 Å². The highest BCUT2D eigenvalue weighted by atomic mass is 79.9. The Labute approximate surface area is 134 Å². The number of hydrogen-bond donors (Lipinski definition) is 1. The molecule has 0 radical (unpaired) electrons. The molecule has 1 aliphatic carbocycles. The summed E-state index contributed by atoms with van der Waals surface area (Å²) >= 11 is 3.65.